The maximum absolute atomic E-state index is 11.0. The van der Waals surface area contributed by atoms with Crippen LogP contribution in [0.5, 0.6) is 0 Å². The number of carbonyl (C=O) groups excluding carboxylic acids is 1. The molecule has 0 bridgehead atoms. The van der Waals surface area contributed by atoms with Gasteiger partial charge in [0.25, 0.3) is 0 Å². The van der Waals surface area contributed by atoms with Crippen molar-refractivity contribution < 1.29 is 31.5 Å². The molecule has 0 atom stereocenters. The maximum Gasteiger partial charge on any atom is 0.344 e. The first-order valence-corrected chi connectivity index (χ1v) is 3.48. The van der Waals surface area contributed by atoms with Crippen molar-refractivity contribution in [3.8, 4) is 0 Å². The lowest BCUT2D eigenvalue weighted by Gasteiger charge is -1.96. The summed E-state index contributed by atoms with van der Waals surface area (Å²) in [7, 11) is 0. The van der Waals surface area contributed by atoms with Gasteiger partial charge in [0.2, 0.25) is 0 Å². The predicted octanol–water partition coefficient (Wildman–Crippen LogP) is -2.32. The highest BCUT2D eigenvalue weighted by Crippen LogP contribution is 1.95. The van der Waals surface area contributed by atoms with Crippen LogP contribution in [0.25, 0.3) is 0 Å². The van der Waals surface area contributed by atoms with Gasteiger partial charge in [-0.1, -0.05) is 0 Å². The fourth-order valence-electron chi connectivity index (χ4n) is 0.735. The number of hydrogen-bond acceptors (Lipinski definition) is 2. The van der Waals surface area contributed by atoms with Crippen LogP contribution >= 0.6 is 0 Å². The number of aromatic nitrogens is 1. The minimum absolute atomic E-state index is 0. The summed E-state index contributed by atoms with van der Waals surface area (Å²) in [6, 6.07) is 3.46. The molecule has 0 aliphatic heterocycles. The van der Waals surface area contributed by atoms with Gasteiger partial charge in [0.1, 0.15) is 5.56 Å². The van der Waals surface area contributed by atoms with Crippen LogP contribution in [0.15, 0.2) is 24.5 Å². The van der Waals surface area contributed by atoms with Gasteiger partial charge in [0.05, 0.1) is 6.61 Å². The Hall–Kier alpha value is -0.900. The van der Waals surface area contributed by atoms with E-state index in [-0.39, 0.29) is 23.0 Å². The van der Waals surface area contributed by atoms with Crippen LogP contribution in [-0.4, -0.2) is 12.6 Å². The normalized spacial score (nSPS) is 8.42. The number of esters is 1. The number of pyridine rings is 1. The topological polar surface area (TPSA) is 40.4 Å². The second-order valence-corrected chi connectivity index (χ2v) is 2.01. The molecule has 0 spiro atoms. The molecule has 0 saturated heterocycles. The molecule has 3 nitrogen and oxygen atoms in total. The van der Waals surface area contributed by atoms with Crippen LogP contribution in [0, 0.1) is 0 Å². The Morgan fingerprint density at radius 3 is 2.92 bits per heavy atom. The van der Waals surface area contributed by atoms with E-state index in [0.29, 0.717) is 12.2 Å². The van der Waals surface area contributed by atoms with Gasteiger partial charge < -0.3 is 21.7 Å². The Balaban J connectivity index is 0.00000121. The number of nitrogens with one attached hydrogen (secondary N) is 1. The SMILES string of the molecule is CCOC(=O)c1ccc[nH+]c1.[Br-]. The fraction of sp³-hybridized carbons (Fsp3) is 0.250. The molecular weight excluding hydrogens is 222 g/mol. The van der Waals surface area contributed by atoms with Crippen molar-refractivity contribution in [3.63, 3.8) is 0 Å². The van der Waals surface area contributed by atoms with Crippen molar-refractivity contribution in [2.24, 2.45) is 0 Å². The highest BCUT2D eigenvalue weighted by molar-refractivity contribution is 5.88. The maximum atomic E-state index is 11.0. The molecular formula is C8H10BrNO2. The molecule has 4 heteroatoms. The summed E-state index contributed by atoms with van der Waals surface area (Å²) in [5.74, 6) is -0.288. The van der Waals surface area contributed by atoms with Gasteiger partial charge in [-0.15, -0.1) is 0 Å². The summed E-state index contributed by atoms with van der Waals surface area (Å²) in [5.41, 5.74) is 0.550. The van der Waals surface area contributed by atoms with Gasteiger partial charge in [-0.2, -0.15) is 0 Å². The van der Waals surface area contributed by atoms with E-state index in [1.54, 1.807) is 31.5 Å². The first-order valence-electron chi connectivity index (χ1n) is 3.48. The Morgan fingerprint density at radius 2 is 2.42 bits per heavy atom. The van der Waals surface area contributed by atoms with E-state index in [9.17, 15) is 4.79 Å². The highest BCUT2D eigenvalue weighted by Gasteiger charge is 2.06. The molecule has 0 aliphatic carbocycles. The third kappa shape index (κ3) is 3.00. The number of rotatable bonds is 2. The molecule has 66 valence electrons. The zero-order valence-corrected chi connectivity index (χ0v) is 8.30. The van der Waals surface area contributed by atoms with Crippen LogP contribution in [0.2, 0.25) is 0 Å². The van der Waals surface area contributed by atoms with Crippen LogP contribution in [-0.2, 0) is 4.74 Å². The van der Waals surface area contributed by atoms with Crippen molar-refractivity contribution in [3.05, 3.63) is 30.1 Å². The molecule has 1 N–H and O–H groups in total. The van der Waals surface area contributed by atoms with Crippen molar-refractivity contribution in [1.82, 2.24) is 0 Å². The summed E-state index contributed by atoms with van der Waals surface area (Å²) in [6.45, 7) is 2.19. The molecule has 0 unspecified atom stereocenters. The number of carbonyl (C=O) groups is 1. The zero-order valence-electron chi connectivity index (χ0n) is 6.71. The minimum Gasteiger partial charge on any atom is -1.00 e. The van der Waals surface area contributed by atoms with Crippen molar-refractivity contribution in [1.29, 1.82) is 0 Å². The van der Waals surface area contributed by atoms with Crippen LogP contribution in [0.3, 0.4) is 0 Å². The quantitative estimate of drug-likeness (QED) is 0.537. The monoisotopic (exact) mass is 231 g/mol. The second kappa shape index (κ2) is 5.71. The smallest absolute Gasteiger partial charge is 0.344 e. The molecule has 1 aromatic rings. The Kier molecular flexibility index (Phi) is 5.28. The van der Waals surface area contributed by atoms with Crippen molar-refractivity contribution >= 4 is 5.97 Å². The van der Waals surface area contributed by atoms with E-state index in [1.807, 2.05) is 0 Å². The lowest BCUT2D eigenvalue weighted by molar-refractivity contribution is -0.378. The first kappa shape index (κ1) is 11.1. The molecule has 0 fully saturated rings. The number of ether oxygens (including phenoxy) is 1. The lowest BCUT2D eigenvalue weighted by atomic mass is 10.3. The Labute approximate surface area is 81.5 Å². The standard InChI is InChI=1S/C8H9NO2.BrH/c1-2-11-8(10)7-4-3-5-9-6-7;/h3-6H,2H2,1H3;1H. The van der Waals surface area contributed by atoms with Crippen molar-refractivity contribution in [2.45, 2.75) is 6.92 Å². The Bertz CT molecular complexity index is 238. The van der Waals surface area contributed by atoms with Crippen LogP contribution in [0.1, 0.15) is 17.3 Å². The van der Waals surface area contributed by atoms with E-state index in [0.717, 1.165) is 0 Å². The van der Waals surface area contributed by atoms with Crippen LogP contribution < -0.4 is 22.0 Å². The van der Waals surface area contributed by atoms with E-state index in [2.05, 4.69) is 4.98 Å². The van der Waals surface area contributed by atoms with Gasteiger partial charge in [-0.3, -0.25) is 0 Å². The first-order chi connectivity index (χ1) is 5.34. The van der Waals surface area contributed by atoms with Gasteiger partial charge in [0.15, 0.2) is 12.4 Å². The Morgan fingerprint density at radius 1 is 1.67 bits per heavy atom. The van der Waals surface area contributed by atoms with Gasteiger partial charge in [0, 0.05) is 6.07 Å². The number of H-pyrrole nitrogens is 1. The van der Waals surface area contributed by atoms with Crippen LogP contribution in [0.4, 0.5) is 0 Å². The minimum atomic E-state index is -0.288. The largest absolute Gasteiger partial charge is 1.00 e. The molecule has 1 aromatic heterocycles. The number of halogens is 1. The van der Waals surface area contributed by atoms with Gasteiger partial charge in [-0.25, -0.2) is 9.78 Å². The predicted molar refractivity (Wildman–Crippen MR) is 39.0 cm³/mol. The summed E-state index contributed by atoms with van der Waals surface area (Å²) in [4.78, 5) is 13.8. The molecule has 0 saturated carbocycles. The van der Waals surface area contributed by atoms with E-state index in [1.165, 1.54) is 0 Å². The molecule has 0 aliphatic rings. The summed E-state index contributed by atoms with van der Waals surface area (Å²) < 4.78 is 4.77. The second-order valence-electron chi connectivity index (χ2n) is 2.01. The van der Waals surface area contributed by atoms with Crippen molar-refractivity contribution in [2.75, 3.05) is 6.61 Å². The molecule has 0 aromatic carbocycles. The molecule has 12 heavy (non-hydrogen) atoms. The average molecular weight is 232 g/mol. The molecule has 0 radical (unpaired) electrons. The molecule has 0 amide bonds. The third-order valence-electron chi connectivity index (χ3n) is 1.22. The third-order valence-corrected chi connectivity index (χ3v) is 1.22. The van der Waals surface area contributed by atoms with E-state index in [4.69, 9.17) is 4.74 Å². The van der Waals surface area contributed by atoms with Gasteiger partial charge >= 0.3 is 5.97 Å². The van der Waals surface area contributed by atoms with Gasteiger partial charge in [-0.05, 0) is 13.0 Å². The van der Waals surface area contributed by atoms with E-state index >= 15 is 0 Å². The summed E-state index contributed by atoms with van der Waals surface area (Å²) in [5, 5.41) is 0. The summed E-state index contributed by atoms with van der Waals surface area (Å²) >= 11 is 0. The molecule has 1 rings (SSSR count). The highest BCUT2D eigenvalue weighted by atomic mass is 79.9. The zero-order chi connectivity index (χ0) is 8.10. The lowest BCUT2D eigenvalue weighted by Crippen LogP contribution is -3.00. The number of aromatic amines is 1. The fourth-order valence-corrected chi connectivity index (χ4v) is 0.735. The average Bonchev–Trinajstić information content (AvgIpc) is 2.07. The number of hydrogen-bond donors (Lipinski definition) is 0. The van der Waals surface area contributed by atoms with E-state index < -0.39 is 0 Å². The molecule has 1 heterocycles. The summed E-state index contributed by atoms with van der Waals surface area (Å²) in [6.07, 6.45) is 3.35.